The van der Waals surface area contributed by atoms with Crippen molar-refractivity contribution in [1.82, 2.24) is 0 Å². The number of hydrogen-bond donors (Lipinski definition) is 0. The number of cyclic esters (lactones) is 1. The monoisotopic (exact) mass is 459 g/mol. The van der Waals surface area contributed by atoms with Crippen LogP contribution in [-0.4, -0.2) is 39.2 Å². The number of esters is 2. The van der Waals surface area contributed by atoms with Crippen LogP contribution in [0.3, 0.4) is 0 Å². The zero-order valence-corrected chi connectivity index (χ0v) is 18.7. The quantitative estimate of drug-likeness (QED) is 0.296. The van der Waals surface area contributed by atoms with E-state index in [2.05, 4.69) is 4.99 Å². The predicted molar refractivity (Wildman–Crippen MR) is 125 cm³/mol. The number of aliphatic imine (C=N–C) groups is 1. The average molecular weight is 459 g/mol. The number of benzene rings is 3. The van der Waals surface area contributed by atoms with Crippen molar-refractivity contribution in [3.05, 3.63) is 89.1 Å². The minimum absolute atomic E-state index is 0.113. The van der Waals surface area contributed by atoms with Crippen molar-refractivity contribution >= 4 is 23.9 Å². The number of methoxy groups -OCH3 is 3. The highest BCUT2D eigenvalue weighted by Gasteiger charge is 2.26. The average Bonchev–Trinajstić information content (AvgIpc) is 3.24. The zero-order valence-electron chi connectivity index (χ0n) is 18.7. The molecule has 0 saturated heterocycles. The van der Waals surface area contributed by atoms with Crippen molar-refractivity contribution in [1.29, 1.82) is 0 Å². The normalized spacial score (nSPS) is 13.8. The first-order valence-electron chi connectivity index (χ1n) is 10.2. The van der Waals surface area contributed by atoms with E-state index in [1.165, 1.54) is 21.3 Å². The van der Waals surface area contributed by atoms with Gasteiger partial charge in [-0.05, 0) is 48.0 Å². The third-order valence-electron chi connectivity index (χ3n) is 4.98. The van der Waals surface area contributed by atoms with Gasteiger partial charge in [-0.25, -0.2) is 14.6 Å². The molecule has 0 radical (unpaired) electrons. The molecule has 8 nitrogen and oxygen atoms in total. The second kappa shape index (κ2) is 9.91. The summed E-state index contributed by atoms with van der Waals surface area (Å²) >= 11 is 0. The van der Waals surface area contributed by atoms with Crippen LogP contribution >= 0.6 is 0 Å². The van der Waals surface area contributed by atoms with E-state index in [0.29, 0.717) is 28.4 Å². The van der Waals surface area contributed by atoms with Crippen molar-refractivity contribution in [3.63, 3.8) is 0 Å². The van der Waals surface area contributed by atoms with E-state index in [0.717, 1.165) is 0 Å². The van der Waals surface area contributed by atoms with Gasteiger partial charge in [0.05, 0.1) is 26.9 Å². The molecule has 0 unspecified atom stereocenters. The van der Waals surface area contributed by atoms with Crippen LogP contribution in [0.2, 0.25) is 0 Å². The summed E-state index contributed by atoms with van der Waals surface area (Å²) in [6.45, 7) is 0. The van der Waals surface area contributed by atoms with Crippen molar-refractivity contribution in [3.8, 4) is 23.0 Å². The Bertz CT molecular complexity index is 1310. The van der Waals surface area contributed by atoms with E-state index in [1.54, 1.807) is 66.7 Å². The lowest BCUT2D eigenvalue weighted by Gasteiger charge is -2.11. The Morgan fingerprint density at radius 2 is 1.50 bits per heavy atom. The topological polar surface area (TPSA) is 92.6 Å². The lowest BCUT2D eigenvalue weighted by molar-refractivity contribution is -0.129. The van der Waals surface area contributed by atoms with E-state index < -0.39 is 11.9 Å². The van der Waals surface area contributed by atoms with Crippen LogP contribution in [0.25, 0.3) is 6.08 Å². The zero-order chi connectivity index (χ0) is 24.1. The molecule has 4 rings (SSSR count). The Kier molecular flexibility index (Phi) is 6.59. The fraction of sp³-hybridized carbons (Fsp3) is 0.115. The molecule has 0 amide bonds. The Morgan fingerprint density at radius 3 is 2.24 bits per heavy atom. The number of carbonyl (C=O) groups is 2. The number of para-hydroxylation sites is 2. The van der Waals surface area contributed by atoms with Gasteiger partial charge in [0.15, 0.2) is 17.2 Å². The number of hydrogen-bond acceptors (Lipinski definition) is 8. The van der Waals surface area contributed by atoms with E-state index in [9.17, 15) is 9.59 Å². The number of nitrogens with zero attached hydrogens (tertiary/aromatic N) is 1. The molecule has 1 aliphatic heterocycles. The Hall–Kier alpha value is -4.59. The first-order chi connectivity index (χ1) is 16.5. The molecule has 34 heavy (non-hydrogen) atoms. The smallest absolute Gasteiger partial charge is 0.363 e. The van der Waals surface area contributed by atoms with Gasteiger partial charge in [-0.15, -0.1) is 0 Å². The first-order valence-corrected chi connectivity index (χ1v) is 10.2. The molecule has 3 aromatic rings. The fourth-order valence-electron chi connectivity index (χ4n) is 3.33. The summed E-state index contributed by atoms with van der Waals surface area (Å²) in [5.74, 6) is 0.432. The lowest BCUT2D eigenvalue weighted by Crippen LogP contribution is -2.10. The van der Waals surface area contributed by atoms with E-state index in [-0.39, 0.29) is 22.9 Å². The Balaban J connectivity index is 1.59. The highest BCUT2D eigenvalue weighted by molar-refractivity contribution is 6.13. The fourth-order valence-corrected chi connectivity index (χ4v) is 3.33. The second-order valence-electron chi connectivity index (χ2n) is 7.04. The molecule has 8 heteroatoms. The standard InChI is InChI=1S/C26H21NO7/c1-30-20-10-6-4-8-17(20)24-27-19(26(29)34-24)14-16-12-13-22(23(15-16)32-3)33-25(28)18-9-5-7-11-21(18)31-2/h4-15H,1-3H3/b19-14+. The van der Waals surface area contributed by atoms with Crippen LogP contribution < -0.4 is 18.9 Å². The molecule has 0 aliphatic carbocycles. The maximum absolute atomic E-state index is 12.6. The van der Waals surface area contributed by atoms with Crippen molar-refractivity contribution in [2.24, 2.45) is 4.99 Å². The molecule has 0 spiro atoms. The molecular formula is C26H21NO7. The van der Waals surface area contributed by atoms with Crippen LogP contribution in [0.15, 0.2) is 77.4 Å². The molecule has 0 atom stereocenters. The summed E-state index contributed by atoms with van der Waals surface area (Å²) in [6, 6.07) is 18.7. The number of ether oxygens (including phenoxy) is 5. The summed E-state index contributed by atoms with van der Waals surface area (Å²) in [5.41, 5.74) is 1.57. The first kappa shape index (κ1) is 22.6. The lowest BCUT2D eigenvalue weighted by atomic mass is 10.1. The van der Waals surface area contributed by atoms with E-state index in [4.69, 9.17) is 23.7 Å². The van der Waals surface area contributed by atoms with Crippen LogP contribution in [0, 0.1) is 0 Å². The summed E-state index contributed by atoms with van der Waals surface area (Å²) in [7, 11) is 4.46. The van der Waals surface area contributed by atoms with Crippen molar-refractivity contribution in [2.45, 2.75) is 0 Å². The molecular weight excluding hydrogens is 438 g/mol. The van der Waals surface area contributed by atoms with Gasteiger partial charge >= 0.3 is 11.9 Å². The van der Waals surface area contributed by atoms with Gasteiger partial charge in [0.1, 0.15) is 17.1 Å². The highest BCUT2D eigenvalue weighted by atomic mass is 16.6. The molecule has 1 aliphatic rings. The van der Waals surface area contributed by atoms with E-state index in [1.807, 2.05) is 6.07 Å². The predicted octanol–water partition coefficient (Wildman–Crippen LogP) is 4.28. The van der Waals surface area contributed by atoms with Crippen LogP contribution in [-0.2, 0) is 9.53 Å². The summed E-state index contributed by atoms with van der Waals surface area (Å²) < 4.78 is 26.8. The third kappa shape index (κ3) is 4.61. The van der Waals surface area contributed by atoms with Gasteiger partial charge in [0, 0.05) is 0 Å². The SMILES string of the molecule is COc1cc(/C=C2/N=C(c3ccccc3OC)OC2=O)ccc1OC(=O)c1ccccc1OC. The summed E-state index contributed by atoms with van der Waals surface area (Å²) in [4.78, 5) is 29.3. The molecule has 0 N–H and O–H groups in total. The largest absolute Gasteiger partial charge is 0.496 e. The molecule has 1 heterocycles. The van der Waals surface area contributed by atoms with Gasteiger partial charge in [0.25, 0.3) is 0 Å². The van der Waals surface area contributed by atoms with Crippen LogP contribution in [0.4, 0.5) is 0 Å². The molecule has 0 saturated carbocycles. The van der Waals surface area contributed by atoms with Gasteiger partial charge in [-0.2, -0.15) is 0 Å². The number of carbonyl (C=O) groups excluding carboxylic acids is 2. The minimum atomic E-state index is -0.591. The Labute approximate surface area is 196 Å². The van der Waals surface area contributed by atoms with Crippen LogP contribution in [0.1, 0.15) is 21.5 Å². The third-order valence-corrected chi connectivity index (χ3v) is 4.98. The molecule has 3 aromatic carbocycles. The van der Waals surface area contributed by atoms with E-state index >= 15 is 0 Å². The van der Waals surface area contributed by atoms with Crippen molar-refractivity contribution in [2.75, 3.05) is 21.3 Å². The van der Waals surface area contributed by atoms with Gasteiger partial charge in [-0.3, -0.25) is 0 Å². The number of rotatable bonds is 7. The van der Waals surface area contributed by atoms with Crippen LogP contribution in [0.5, 0.6) is 23.0 Å². The maximum atomic E-state index is 12.6. The molecule has 0 bridgehead atoms. The highest BCUT2D eigenvalue weighted by Crippen LogP contribution is 2.32. The molecule has 0 fully saturated rings. The van der Waals surface area contributed by atoms with Gasteiger partial charge < -0.3 is 23.7 Å². The molecule has 0 aromatic heterocycles. The van der Waals surface area contributed by atoms with Crippen molar-refractivity contribution < 1.29 is 33.3 Å². The summed E-state index contributed by atoms with van der Waals surface area (Å²) in [6.07, 6.45) is 1.55. The molecule has 172 valence electrons. The minimum Gasteiger partial charge on any atom is -0.496 e. The maximum Gasteiger partial charge on any atom is 0.363 e. The van der Waals surface area contributed by atoms with Gasteiger partial charge in [-0.1, -0.05) is 30.3 Å². The Morgan fingerprint density at radius 1 is 0.824 bits per heavy atom. The second-order valence-corrected chi connectivity index (χ2v) is 7.04. The summed E-state index contributed by atoms with van der Waals surface area (Å²) in [5, 5.41) is 0. The van der Waals surface area contributed by atoms with Gasteiger partial charge in [0.2, 0.25) is 5.90 Å².